The second-order valence-corrected chi connectivity index (χ2v) is 16.3. The molecule has 292 valence electrons. The van der Waals surface area contributed by atoms with Crippen LogP contribution in [0.25, 0.3) is 87.7 Å². The fourth-order valence-electron chi connectivity index (χ4n) is 8.25. The van der Waals surface area contributed by atoms with Crippen molar-refractivity contribution in [2.75, 3.05) is 4.90 Å². The van der Waals surface area contributed by atoms with Gasteiger partial charge in [0.05, 0.1) is 0 Å². The molecule has 0 spiro atoms. The predicted molar refractivity (Wildman–Crippen MR) is 260 cm³/mol. The highest BCUT2D eigenvalue weighted by atomic mass is 32.1. The van der Waals surface area contributed by atoms with E-state index in [0.717, 1.165) is 44.9 Å². The number of anilines is 3. The van der Waals surface area contributed by atoms with Gasteiger partial charge in [-0.15, -0.1) is 11.3 Å². The van der Waals surface area contributed by atoms with E-state index in [2.05, 4.69) is 199 Å². The Kier molecular flexibility index (Phi) is 9.69. The zero-order valence-electron chi connectivity index (χ0n) is 33.6. The molecule has 0 bridgehead atoms. The number of rotatable bonds is 9. The Balaban J connectivity index is 1.04. The van der Waals surface area contributed by atoms with Crippen LogP contribution in [-0.4, -0.2) is 15.0 Å². The van der Waals surface area contributed by atoms with Crippen LogP contribution in [0.4, 0.5) is 17.1 Å². The number of aromatic nitrogens is 3. The van der Waals surface area contributed by atoms with Crippen LogP contribution in [0.1, 0.15) is 0 Å². The molecule has 2 aromatic heterocycles. The summed E-state index contributed by atoms with van der Waals surface area (Å²) in [5.41, 5.74) is 13.1. The molecule has 0 amide bonds. The van der Waals surface area contributed by atoms with E-state index in [0.29, 0.717) is 17.5 Å². The summed E-state index contributed by atoms with van der Waals surface area (Å²) >= 11 is 1.80. The van der Waals surface area contributed by atoms with E-state index in [-0.39, 0.29) is 0 Å². The van der Waals surface area contributed by atoms with Crippen molar-refractivity contribution in [3.05, 3.63) is 231 Å². The van der Waals surface area contributed by atoms with Gasteiger partial charge in [-0.2, -0.15) is 0 Å². The highest BCUT2D eigenvalue weighted by Crippen LogP contribution is 2.44. The number of fused-ring (bicyclic) bond motifs is 3. The Morgan fingerprint density at radius 3 is 1.13 bits per heavy atom. The largest absolute Gasteiger partial charge is 0.311 e. The summed E-state index contributed by atoms with van der Waals surface area (Å²) in [4.78, 5) is 17.6. The average molecular weight is 811 g/mol. The zero-order chi connectivity index (χ0) is 41.2. The van der Waals surface area contributed by atoms with Crippen molar-refractivity contribution in [2.45, 2.75) is 0 Å². The second-order valence-electron chi connectivity index (χ2n) is 15.2. The van der Waals surface area contributed by atoms with Gasteiger partial charge in [-0.25, -0.2) is 15.0 Å². The third-order valence-electron chi connectivity index (χ3n) is 11.3. The number of hydrogen-bond acceptors (Lipinski definition) is 5. The van der Waals surface area contributed by atoms with Crippen LogP contribution in [-0.2, 0) is 0 Å². The molecule has 62 heavy (non-hydrogen) atoms. The first-order valence-corrected chi connectivity index (χ1v) is 21.6. The first-order chi connectivity index (χ1) is 30.7. The van der Waals surface area contributed by atoms with Crippen molar-refractivity contribution in [1.82, 2.24) is 15.0 Å². The molecular formula is C57H38N4S. The molecule has 9 aromatic carbocycles. The number of nitrogens with zero attached hydrogens (tertiary/aromatic N) is 4. The van der Waals surface area contributed by atoms with Crippen LogP contribution in [0.15, 0.2) is 231 Å². The molecule has 0 fully saturated rings. The van der Waals surface area contributed by atoms with E-state index in [1.807, 2.05) is 36.4 Å². The van der Waals surface area contributed by atoms with Gasteiger partial charge in [0.25, 0.3) is 0 Å². The van der Waals surface area contributed by atoms with Gasteiger partial charge in [0.1, 0.15) is 0 Å². The van der Waals surface area contributed by atoms with E-state index >= 15 is 0 Å². The lowest BCUT2D eigenvalue weighted by Crippen LogP contribution is -2.09. The number of thiophene rings is 1. The van der Waals surface area contributed by atoms with Crippen molar-refractivity contribution in [2.24, 2.45) is 0 Å². The minimum atomic E-state index is 0.638. The van der Waals surface area contributed by atoms with Crippen LogP contribution in [0.3, 0.4) is 0 Å². The fourth-order valence-corrected chi connectivity index (χ4v) is 9.42. The van der Waals surface area contributed by atoms with Crippen molar-refractivity contribution >= 4 is 48.6 Å². The average Bonchev–Trinajstić information content (AvgIpc) is 3.74. The molecule has 11 rings (SSSR count). The summed E-state index contributed by atoms with van der Waals surface area (Å²) in [6.45, 7) is 0. The summed E-state index contributed by atoms with van der Waals surface area (Å²) in [5.74, 6) is 1.93. The maximum Gasteiger partial charge on any atom is 0.164 e. The lowest BCUT2D eigenvalue weighted by molar-refractivity contribution is 1.07. The number of hydrogen-bond donors (Lipinski definition) is 0. The predicted octanol–water partition coefficient (Wildman–Crippen LogP) is 15.7. The molecule has 0 aliphatic carbocycles. The molecule has 0 aliphatic rings. The third-order valence-corrected chi connectivity index (χ3v) is 12.5. The Bertz CT molecular complexity index is 3160. The van der Waals surface area contributed by atoms with E-state index in [1.165, 1.54) is 42.4 Å². The van der Waals surface area contributed by atoms with Gasteiger partial charge in [-0.1, -0.05) is 176 Å². The first-order valence-electron chi connectivity index (χ1n) is 20.8. The van der Waals surface area contributed by atoms with Gasteiger partial charge < -0.3 is 4.90 Å². The number of benzene rings is 9. The van der Waals surface area contributed by atoms with Crippen molar-refractivity contribution in [1.29, 1.82) is 0 Å². The summed E-state index contributed by atoms with van der Waals surface area (Å²) in [7, 11) is 0. The quantitative estimate of drug-likeness (QED) is 0.146. The molecule has 0 radical (unpaired) electrons. The van der Waals surface area contributed by atoms with Crippen molar-refractivity contribution in [3.8, 4) is 67.5 Å². The lowest BCUT2D eigenvalue weighted by Gasteiger charge is -2.26. The van der Waals surface area contributed by atoms with Gasteiger partial charge in [0, 0.05) is 53.9 Å². The minimum absolute atomic E-state index is 0.638. The van der Waals surface area contributed by atoms with E-state index in [9.17, 15) is 0 Å². The zero-order valence-corrected chi connectivity index (χ0v) is 34.5. The highest BCUT2D eigenvalue weighted by molar-refractivity contribution is 7.26. The molecule has 2 heterocycles. The van der Waals surface area contributed by atoms with Gasteiger partial charge >= 0.3 is 0 Å². The summed E-state index contributed by atoms with van der Waals surface area (Å²) in [6.07, 6.45) is 0. The van der Waals surface area contributed by atoms with Crippen LogP contribution >= 0.6 is 11.3 Å². The fraction of sp³-hybridized carbons (Fsp3) is 0. The summed E-state index contributed by atoms with van der Waals surface area (Å²) in [6, 6.07) is 81.3. The van der Waals surface area contributed by atoms with E-state index in [4.69, 9.17) is 15.0 Å². The SMILES string of the molecule is c1ccc(-c2ccc(N(c3ccc(-c4ccccc4)cc3)c3ccc(-c4cc(-c5nc(-c6ccccc6)nc(-c6ccccc6)n5)cc5sc6ccccc6c45)cc3)cc2)cc1. The van der Waals surface area contributed by atoms with Crippen LogP contribution in [0.2, 0.25) is 0 Å². The topological polar surface area (TPSA) is 41.9 Å². The molecule has 0 atom stereocenters. The maximum atomic E-state index is 5.13. The molecule has 5 heteroatoms. The summed E-state index contributed by atoms with van der Waals surface area (Å²) in [5, 5.41) is 2.47. The van der Waals surface area contributed by atoms with Crippen LogP contribution in [0, 0.1) is 0 Å². The van der Waals surface area contributed by atoms with Crippen molar-refractivity contribution in [3.63, 3.8) is 0 Å². The molecule has 0 saturated carbocycles. The molecule has 11 aromatic rings. The van der Waals surface area contributed by atoms with Crippen LogP contribution in [0.5, 0.6) is 0 Å². The van der Waals surface area contributed by atoms with E-state index < -0.39 is 0 Å². The van der Waals surface area contributed by atoms with Gasteiger partial charge in [0.2, 0.25) is 0 Å². The molecule has 4 nitrogen and oxygen atoms in total. The van der Waals surface area contributed by atoms with Crippen molar-refractivity contribution < 1.29 is 0 Å². The first kappa shape index (κ1) is 37.0. The Hall–Kier alpha value is -7.99. The molecule has 0 aliphatic heterocycles. The molecular weight excluding hydrogens is 773 g/mol. The Morgan fingerprint density at radius 2 is 0.661 bits per heavy atom. The standard InChI is InChI=1S/C57H38N4S/c1-5-15-39(16-6-1)41-25-31-47(32-26-41)61(48-33-27-42(28-34-48)40-17-7-2-8-18-40)49-35-29-43(30-36-49)51-37-46(38-53-54(51)50-23-13-14-24-52(50)62-53)57-59-55(44-19-9-3-10-20-44)58-56(60-57)45-21-11-4-12-22-45/h1-38H. The van der Waals surface area contributed by atoms with Gasteiger partial charge in [-0.3, -0.25) is 0 Å². The van der Waals surface area contributed by atoms with E-state index in [1.54, 1.807) is 11.3 Å². The Labute approximate surface area is 364 Å². The third kappa shape index (κ3) is 7.21. The lowest BCUT2D eigenvalue weighted by atomic mass is 9.96. The smallest absolute Gasteiger partial charge is 0.164 e. The Morgan fingerprint density at radius 1 is 0.290 bits per heavy atom. The normalized spacial score (nSPS) is 11.2. The van der Waals surface area contributed by atoms with Crippen LogP contribution < -0.4 is 4.90 Å². The van der Waals surface area contributed by atoms with Gasteiger partial charge in [0.15, 0.2) is 17.5 Å². The highest BCUT2D eigenvalue weighted by Gasteiger charge is 2.19. The maximum absolute atomic E-state index is 5.13. The monoisotopic (exact) mass is 810 g/mol. The van der Waals surface area contributed by atoms with Gasteiger partial charge in [-0.05, 0) is 88.0 Å². The summed E-state index contributed by atoms with van der Waals surface area (Å²) < 4.78 is 2.43. The molecule has 0 saturated heterocycles. The second kappa shape index (κ2) is 16.2. The minimum Gasteiger partial charge on any atom is -0.311 e. The molecule has 0 N–H and O–H groups in total. The molecule has 0 unspecified atom stereocenters.